The third kappa shape index (κ3) is 3.38. The molecule has 0 saturated carbocycles. The van der Waals surface area contributed by atoms with Crippen LogP contribution in [-0.4, -0.2) is 15.9 Å². The van der Waals surface area contributed by atoms with E-state index in [2.05, 4.69) is 31.2 Å². The Morgan fingerprint density at radius 2 is 1.89 bits per heavy atom. The van der Waals surface area contributed by atoms with Gasteiger partial charge in [0.25, 0.3) is 5.91 Å². The lowest BCUT2D eigenvalue weighted by atomic mass is 10.1. The zero-order chi connectivity index (χ0) is 13.8. The maximum Gasteiger partial charge on any atom is 0.270 e. The standard InChI is InChI=1S/C14H14BrN3O/c1-9-10(2)17-8-18-13(9)14(19)16-7-11-3-5-12(15)6-4-11/h3-6,8H,7H2,1-2H3,(H,16,19). The van der Waals surface area contributed by atoms with E-state index in [-0.39, 0.29) is 5.91 Å². The zero-order valence-electron chi connectivity index (χ0n) is 10.8. The molecule has 2 rings (SSSR count). The molecule has 0 aliphatic rings. The second kappa shape index (κ2) is 5.93. The molecule has 0 aliphatic carbocycles. The van der Waals surface area contributed by atoms with E-state index in [0.717, 1.165) is 21.3 Å². The number of benzene rings is 1. The Hall–Kier alpha value is -1.75. The van der Waals surface area contributed by atoms with Gasteiger partial charge < -0.3 is 5.32 Å². The highest BCUT2D eigenvalue weighted by Crippen LogP contribution is 2.11. The molecule has 1 amide bonds. The fraction of sp³-hybridized carbons (Fsp3) is 0.214. The van der Waals surface area contributed by atoms with Crippen molar-refractivity contribution in [3.8, 4) is 0 Å². The number of nitrogens with zero attached hydrogens (tertiary/aromatic N) is 2. The Bertz CT molecular complexity index is 596. The van der Waals surface area contributed by atoms with E-state index >= 15 is 0 Å². The van der Waals surface area contributed by atoms with Gasteiger partial charge in [0.1, 0.15) is 12.0 Å². The summed E-state index contributed by atoms with van der Waals surface area (Å²) < 4.78 is 1.02. The van der Waals surface area contributed by atoms with Gasteiger partial charge in [-0.1, -0.05) is 28.1 Å². The van der Waals surface area contributed by atoms with Crippen LogP contribution in [-0.2, 0) is 6.54 Å². The molecule has 98 valence electrons. The topological polar surface area (TPSA) is 54.9 Å². The second-order valence-corrected chi connectivity index (χ2v) is 5.16. The molecule has 0 radical (unpaired) electrons. The molecule has 1 N–H and O–H groups in total. The first-order valence-electron chi connectivity index (χ1n) is 5.89. The lowest BCUT2D eigenvalue weighted by Gasteiger charge is -2.08. The summed E-state index contributed by atoms with van der Waals surface area (Å²) in [4.78, 5) is 20.1. The highest BCUT2D eigenvalue weighted by molar-refractivity contribution is 9.10. The van der Waals surface area contributed by atoms with Crippen LogP contribution in [0.15, 0.2) is 35.1 Å². The quantitative estimate of drug-likeness (QED) is 0.946. The summed E-state index contributed by atoms with van der Waals surface area (Å²) >= 11 is 3.38. The van der Waals surface area contributed by atoms with Gasteiger partial charge in [0.05, 0.1) is 0 Å². The molecule has 1 aromatic heterocycles. The maximum absolute atomic E-state index is 12.0. The Kier molecular flexibility index (Phi) is 4.27. The van der Waals surface area contributed by atoms with E-state index < -0.39 is 0 Å². The van der Waals surface area contributed by atoms with Crippen LogP contribution in [0.5, 0.6) is 0 Å². The monoisotopic (exact) mass is 319 g/mol. The summed E-state index contributed by atoms with van der Waals surface area (Å²) in [5.74, 6) is -0.175. The fourth-order valence-corrected chi connectivity index (χ4v) is 1.90. The SMILES string of the molecule is Cc1ncnc(C(=O)NCc2ccc(Br)cc2)c1C. The van der Waals surface area contributed by atoms with Gasteiger partial charge >= 0.3 is 0 Å². The summed E-state index contributed by atoms with van der Waals surface area (Å²) in [6.07, 6.45) is 1.41. The summed E-state index contributed by atoms with van der Waals surface area (Å²) in [7, 11) is 0. The van der Waals surface area contributed by atoms with Gasteiger partial charge in [-0.3, -0.25) is 4.79 Å². The maximum atomic E-state index is 12.0. The van der Waals surface area contributed by atoms with Crippen molar-refractivity contribution in [1.82, 2.24) is 15.3 Å². The van der Waals surface area contributed by atoms with Gasteiger partial charge in [0.2, 0.25) is 0 Å². The summed E-state index contributed by atoms with van der Waals surface area (Å²) in [5, 5.41) is 2.86. The van der Waals surface area contributed by atoms with Crippen LogP contribution in [0.2, 0.25) is 0 Å². The van der Waals surface area contributed by atoms with E-state index in [9.17, 15) is 4.79 Å². The average Bonchev–Trinajstić information content (AvgIpc) is 2.41. The van der Waals surface area contributed by atoms with Gasteiger partial charge in [-0.2, -0.15) is 0 Å². The Morgan fingerprint density at radius 3 is 2.58 bits per heavy atom. The van der Waals surface area contributed by atoms with E-state index in [1.807, 2.05) is 38.1 Å². The smallest absolute Gasteiger partial charge is 0.270 e. The van der Waals surface area contributed by atoms with Crippen molar-refractivity contribution in [2.45, 2.75) is 20.4 Å². The van der Waals surface area contributed by atoms with Gasteiger partial charge in [-0.15, -0.1) is 0 Å². The molecule has 0 bridgehead atoms. The van der Waals surface area contributed by atoms with Crippen LogP contribution in [0.25, 0.3) is 0 Å². The van der Waals surface area contributed by atoms with E-state index in [1.54, 1.807) is 0 Å². The average molecular weight is 320 g/mol. The van der Waals surface area contributed by atoms with Crippen molar-refractivity contribution in [3.63, 3.8) is 0 Å². The molecular weight excluding hydrogens is 306 g/mol. The second-order valence-electron chi connectivity index (χ2n) is 4.24. The predicted molar refractivity (Wildman–Crippen MR) is 76.8 cm³/mol. The molecule has 1 aromatic carbocycles. The lowest BCUT2D eigenvalue weighted by molar-refractivity contribution is 0.0945. The first-order chi connectivity index (χ1) is 9.08. The Balaban J connectivity index is 2.05. The minimum atomic E-state index is -0.175. The normalized spacial score (nSPS) is 10.3. The summed E-state index contributed by atoms with van der Waals surface area (Å²) in [6.45, 7) is 4.20. The molecule has 2 aromatic rings. The number of hydrogen-bond donors (Lipinski definition) is 1. The van der Waals surface area contributed by atoms with Gasteiger partial charge in [-0.25, -0.2) is 9.97 Å². The molecule has 0 fully saturated rings. The minimum absolute atomic E-state index is 0.175. The lowest BCUT2D eigenvalue weighted by Crippen LogP contribution is -2.25. The van der Waals surface area contributed by atoms with Crippen LogP contribution < -0.4 is 5.32 Å². The van der Waals surface area contributed by atoms with Crippen molar-refractivity contribution in [1.29, 1.82) is 0 Å². The Morgan fingerprint density at radius 1 is 1.21 bits per heavy atom. The van der Waals surface area contributed by atoms with Crippen LogP contribution in [0.4, 0.5) is 0 Å². The van der Waals surface area contributed by atoms with E-state index in [4.69, 9.17) is 0 Å². The number of aromatic nitrogens is 2. The summed E-state index contributed by atoms with van der Waals surface area (Å²) in [6, 6.07) is 7.81. The predicted octanol–water partition coefficient (Wildman–Crippen LogP) is 2.79. The molecule has 4 nitrogen and oxygen atoms in total. The van der Waals surface area contributed by atoms with Crippen molar-refractivity contribution in [2.75, 3.05) is 0 Å². The molecule has 1 heterocycles. The molecule has 0 atom stereocenters. The number of nitrogens with one attached hydrogen (secondary N) is 1. The first-order valence-corrected chi connectivity index (χ1v) is 6.68. The number of halogens is 1. The Labute approximate surface area is 120 Å². The fourth-order valence-electron chi connectivity index (χ4n) is 1.64. The van der Waals surface area contributed by atoms with Crippen LogP contribution in [0.1, 0.15) is 27.3 Å². The van der Waals surface area contributed by atoms with Gasteiger partial charge in [0, 0.05) is 22.3 Å². The number of rotatable bonds is 3. The largest absolute Gasteiger partial charge is 0.347 e. The number of hydrogen-bond acceptors (Lipinski definition) is 3. The number of carbonyl (C=O) groups is 1. The highest BCUT2D eigenvalue weighted by atomic mass is 79.9. The van der Waals surface area contributed by atoms with Crippen molar-refractivity contribution in [3.05, 3.63) is 57.6 Å². The van der Waals surface area contributed by atoms with Crippen molar-refractivity contribution < 1.29 is 4.79 Å². The highest BCUT2D eigenvalue weighted by Gasteiger charge is 2.12. The van der Waals surface area contributed by atoms with Crippen LogP contribution in [0, 0.1) is 13.8 Å². The molecule has 0 spiro atoms. The van der Waals surface area contributed by atoms with E-state index in [0.29, 0.717) is 12.2 Å². The number of aryl methyl sites for hydroxylation is 1. The van der Waals surface area contributed by atoms with Gasteiger partial charge in [-0.05, 0) is 31.5 Å². The number of carbonyl (C=O) groups excluding carboxylic acids is 1. The number of amides is 1. The molecule has 0 unspecified atom stereocenters. The van der Waals surface area contributed by atoms with Crippen LogP contribution in [0.3, 0.4) is 0 Å². The van der Waals surface area contributed by atoms with Crippen molar-refractivity contribution in [2.24, 2.45) is 0 Å². The van der Waals surface area contributed by atoms with E-state index in [1.165, 1.54) is 6.33 Å². The third-order valence-electron chi connectivity index (χ3n) is 2.92. The van der Waals surface area contributed by atoms with Crippen molar-refractivity contribution >= 4 is 21.8 Å². The molecule has 0 saturated heterocycles. The molecule has 5 heteroatoms. The zero-order valence-corrected chi connectivity index (χ0v) is 12.4. The third-order valence-corrected chi connectivity index (χ3v) is 3.45. The van der Waals surface area contributed by atoms with Crippen LogP contribution >= 0.6 is 15.9 Å². The first kappa shape index (κ1) is 13.7. The molecule has 0 aliphatic heterocycles. The summed E-state index contributed by atoms with van der Waals surface area (Å²) in [5.41, 5.74) is 3.11. The minimum Gasteiger partial charge on any atom is -0.347 e. The molecule has 19 heavy (non-hydrogen) atoms. The molecular formula is C14H14BrN3O. The van der Waals surface area contributed by atoms with Gasteiger partial charge in [0.15, 0.2) is 0 Å².